The molecule has 6 heteroatoms. The standard InChI is InChI=1S/C11H11ClFIN2O/c12-3-5-17-6-4-16-11(14)9-7-8(13)1-2-10(9)15-16/h1-2,7H,3-6H2. The fraction of sp³-hybridized carbons (Fsp3) is 0.364. The molecule has 3 nitrogen and oxygen atoms in total. The van der Waals surface area contributed by atoms with E-state index in [1.165, 1.54) is 12.1 Å². The lowest BCUT2D eigenvalue weighted by molar-refractivity contribution is 0.137. The number of nitrogens with zero attached hydrogens (tertiary/aromatic N) is 2. The highest BCUT2D eigenvalue weighted by Gasteiger charge is 2.08. The number of hydrogen-bond acceptors (Lipinski definition) is 2. The predicted molar refractivity (Wildman–Crippen MR) is 73.9 cm³/mol. The third-order valence-corrected chi connectivity index (χ3v) is 3.60. The molecule has 0 bridgehead atoms. The maximum atomic E-state index is 13.1. The van der Waals surface area contributed by atoms with Gasteiger partial charge in [0.05, 0.1) is 25.3 Å². The van der Waals surface area contributed by atoms with Gasteiger partial charge in [-0.2, -0.15) is 5.10 Å². The molecule has 1 heterocycles. The van der Waals surface area contributed by atoms with Crippen LogP contribution in [-0.2, 0) is 11.3 Å². The van der Waals surface area contributed by atoms with E-state index in [2.05, 4.69) is 27.7 Å². The molecule has 1 aromatic carbocycles. The van der Waals surface area contributed by atoms with E-state index in [9.17, 15) is 4.39 Å². The van der Waals surface area contributed by atoms with Crippen LogP contribution in [0.3, 0.4) is 0 Å². The molecule has 17 heavy (non-hydrogen) atoms. The van der Waals surface area contributed by atoms with Gasteiger partial charge >= 0.3 is 0 Å². The van der Waals surface area contributed by atoms with E-state index in [1.54, 1.807) is 6.07 Å². The minimum atomic E-state index is -0.242. The summed E-state index contributed by atoms with van der Waals surface area (Å²) in [7, 11) is 0. The molecular weight excluding hydrogens is 357 g/mol. The largest absolute Gasteiger partial charge is 0.378 e. The summed E-state index contributed by atoms with van der Waals surface area (Å²) < 4.78 is 21.1. The van der Waals surface area contributed by atoms with Gasteiger partial charge < -0.3 is 4.74 Å². The first kappa shape index (κ1) is 13.0. The second-order valence-electron chi connectivity index (χ2n) is 3.48. The van der Waals surface area contributed by atoms with Crippen molar-refractivity contribution in [3.05, 3.63) is 27.7 Å². The molecule has 0 aliphatic rings. The Hall–Kier alpha value is -0.400. The van der Waals surface area contributed by atoms with Crippen LogP contribution >= 0.6 is 34.2 Å². The monoisotopic (exact) mass is 368 g/mol. The van der Waals surface area contributed by atoms with Gasteiger partial charge in [0, 0.05) is 11.3 Å². The molecule has 0 aliphatic heterocycles. The summed E-state index contributed by atoms with van der Waals surface area (Å²) in [5.74, 6) is 0.247. The molecule has 2 rings (SSSR count). The summed E-state index contributed by atoms with van der Waals surface area (Å²) in [4.78, 5) is 0. The van der Waals surface area contributed by atoms with E-state index < -0.39 is 0 Å². The van der Waals surface area contributed by atoms with Crippen LogP contribution < -0.4 is 0 Å². The zero-order chi connectivity index (χ0) is 12.3. The van der Waals surface area contributed by atoms with Gasteiger partial charge in [-0.25, -0.2) is 4.39 Å². The fourth-order valence-corrected chi connectivity index (χ4v) is 2.42. The highest BCUT2D eigenvalue weighted by molar-refractivity contribution is 14.1. The molecule has 0 fully saturated rings. The lowest BCUT2D eigenvalue weighted by atomic mass is 10.2. The number of fused-ring (bicyclic) bond motifs is 1. The Morgan fingerprint density at radius 3 is 3.00 bits per heavy atom. The van der Waals surface area contributed by atoms with Crippen LogP contribution in [0, 0.1) is 9.52 Å². The molecule has 2 aromatic rings. The van der Waals surface area contributed by atoms with E-state index in [-0.39, 0.29) is 5.82 Å². The Bertz CT molecular complexity index is 517. The first-order valence-electron chi connectivity index (χ1n) is 5.17. The van der Waals surface area contributed by atoms with E-state index in [1.807, 2.05) is 4.68 Å². The molecule has 0 aliphatic carbocycles. The molecule has 1 aromatic heterocycles. The minimum absolute atomic E-state index is 0.242. The summed E-state index contributed by atoms with van der Waals surface area (Å²) in [6, 6.07) is 4.60. The predicted octanol–water partition coefficient (Wildman–Crippen LogP) is 3.04. The van der Waals surface area contributed by atoms with E-state index >= 15 is 0 Å². The number of alkyl halides is 1. The average Bonchev–Trinajstić information content (AvgIpc) is 2.62. The minimum Gasteiger partial charge on any atom is -0.378 e. The third-order valence-electron chi connectivity index (χ3n) is 2.30. The van der Waals surface area contributed by atoms with Gasteiger partial charge in [0.2, 0.25) is 0 Å². The SMILES string of the molecule is Fc1ccc2nn(CCOCCCl)c(I)c2c1. The molecule has 0 unspecified atom stereocenters. The van der Waals surface area contributed by atoms with E-state index in [0.717, 1.165) is 14.6 Å². The summed E-state index contributed by atoms with van der Waals surface area (Å²) in [5.41, 5.74) is 0.799. The highest BCUT2D eigenvalue weighted by atomic mass is 127. The molecule has 0 radical (unpaired) electrons. The highest BCUT2D eigenvalue weighted by Crippen LogP contribution is 2.21. The maximum absolute atomic E-state index is 13.1. The maximum Gasteiger partial charge on any atom is 0.124 e. The Morgan fingerprint density at radius 1 is 1.41 bits per heavy atom. The molecule has 0 saturated heterocycles. The van der Waals surface area contributed by atoms with Gasteiger partial charge in [-0.05, 0) is 40.8 Å². The average molecular weight is 369 g/mol. The van der Waals surface area contributed by atoms with E-state index in [0.29, 0.717) is 25.6 Å². The smallest absolute Gasteiger partial charge is 0.124 e. The lowest BCUT2D eigenvalue weighted by Crippen LogP contribution is -2.09. The number of rotatable bonds is 5. The Kier molecular flexibility index (Phi) is 4.58. The first-order chi connectivity index (χ1) is 8.22. The molecular formula is C11H11ClFIN2O. The summed E-state index contributed by atoms with van der Waals surface area (Å²) in [6.07, 6.45) is 0. The molecule has 0 N–H and O–H groups in total. The second-order valence-corrected chi connectivity index (χ2v) is 4.88. The van der Waals surface area contributed by atoms with Crippen molar-refractivity contribution in [3.8, 4) is 0 Å². The van der Waals surface area contributed by atoms with Crippen molar-refractivity contribution in [2.45, 2.75) is 6.54 Å². The van der Waals surface area contributed by atoms with Crippen LogP contribution in [0.4, 0.5) is 4.39 Å². The lowest BCUT2D eigenvalue weighted by Gasteiger charge is -2.03. The van der Waals surface area contributed by atoms with Crippen molar-refractivity contribution >= 4 is 45.1 Å². The molecule has 0 saturated carbocycles. The molecule has 92 valence electrons. The van der Waals surface area contributed by atoms with Crippen molar-refractivity contribution in [3.63, 3.8) is 0 Å². The number of aromatic nitrogens is 2. The zero-order valence-corrected chi connectivity index (χ0v) is 11.9. The Morgan fingerprint density at radius 2 is 2.24 bits per heavy atom. The van der Waals surface area contributed by atoms with Crippen LogP contribution in [-0.4, -0.2) is 28.9 Å². The number of halogens is 3. The fourth-order valence-electron chi connectivity index (χ4n) is 1.53. The van der Waals surface area contributed by atoms with Crippen molar-refractivity contribution in [1.29, 1.82) is 0 Å². The van der Waals surface area contributed by atoms with Crippen LogP contribution in [0.25, 0.3) is 10.9 Å². The Balaban J connectivity index is 2.15. The summed E-state index contributed by atoms with van der Waals surface area (Å²) in [5, 5.41) is 5.22. The normalized spacial score (nSPS) is 11.2. The van der Waals surface area contributed by atoms with Gasteiger partial charge in [-0.1, -0.05) is 0 Å². The zero-order valence-electron chi connectivity index (χ0n) is 9.00. The summed E-state index contributed by atoms with van der Waals surface area (Å²) in [6.45, 7) is 1.73. The van der Waals surface area contributed by atoms with Crippen LogP contribution in [0.2, 0.25) is 0 Å². The number of benzene rings is 1. The van der Waals surface area contributed by atoms with Crippen molar-refractivity contribution in [2.24, 2.45) is 0 Å². The number of hydrogen-bond donors (Lipinski definition) is 0. The molecule has 0 atom stereocenters. The van der Waals surface area contributed by atoms with Crippen molar-refractivity contribution in [1.82, 2.24) is 9.78 Å². The molecule has 0 spiro atoms. The quantitative estimate of drug-likeness (QED) is 0.461. The van der Waals surface area contributed by atoms with Gasteiger partial charge in [-0.15, -0.1) is 11.6 Å². The van der Waals surface area contributed by atoms with Gasteiger partial charge in [0.15, 0.2) is 0 Å². The van der Waals surface area contributed by atoms with Gasteiger partial charge in [-0.3, -0.25) is 4.68 Å². The van der Waals surface area contributed by atoms with Crippen LogP contribution in [0.15, 0.2) is 18.2 Å². The second kappa shape index (κ2) is 5.97. The van der Waals surface area contributed by atoms with Gasteiger partial charge in [0.25, 0.3) is 0 Å². The third kappa shape index (κ3) is 3.08. The first-order valence-corrected chi connectivity index (χ1v) is 6.79. The Labute approximate surface area is 117 Å². The van der Waals surface area contributed by atoms with Crippen LogP contribution in [0.5, 0.6) is 0 Å². The topological polar surface area (TPSA) is 27.1 Å². The molecule has 0 amide bonds. The van der Waals surface area contributed by atoms with Gasteiger partial charge in [0.1, 0.15) is 9.52 Å². The van der Waals surface area contributed by atoms with E-state index in [4.69, 9.17) is 16.3 Å². The number of ether oxygens (including phenoxy) is 1. The van der Waals surface area contributed by atoms with Crippen molar-refractivity contribution in [2.75, 3.05) is 19.1 Å². The van der Waals surface area contributed by atoms with Crippen LogP contribution in [0.1, 0.15) is 0 Å². The van der Waals surface area contributed by atoms with Crippen molar-refractivity contribution < 1.29 is 9.13 Å². The summed E-state index contributed by atoms with van der Waals surface area (Å²) >= 11 is 7.67.